The predicted molar refractivity (Wildman–Crippen MR) is 68.6 cm³/mol. The molecule has 0 aromatic heterocycles. The molecule has 1 aliphatic carbocycles. The summed E-state index contributed by atoms with van der Waals surface area (Å²) in [7, 11) is 0. The van der Waals surface area contributed by atoms with Crippen LogP contribution in [0.1, 0.15) is 18.4 Å². The van der Waals surface area contributed by atoms with Crippen molar-refractivity contribution < 1.29 is 4.79 Å². The molecule has 0 heterocycles. The van der Waals surface area contributed by atoms with Crippen molar-refractivity contribution in [3.8, 4) is 0 Å². The molecule has 0 atom stereocenters. The molecule has 0 saturated heterocycles. The van der Waals surface area contributed by atoms with Crippen LogP contribution in [0.4, 0.5) is 10.5 Å². The highest BCUT2D eigenvalue weighted by Crippen LogP contribution is 2.27. The molecule has 16 heavy (non-hydrogen) atoms. The van der Waals surface area contributed by atoms with E-state index in [0.29, 0.717) is 5.92 Å². The van der Waals surface area contributed by atoms with Crippen molar-refractivity contribution in [2.75, 3.05) is 11.9 Å². The highest BCUT2D eigenvalue weighted by atomic mass is 79.9. The first kappa shape index (κ1) is 11.5. The maximum Gasteiger partial charge on any atom is 0.319 e. The number of carbonyl (C=O) groups is 1. The topological polar surface area (TPSA) is 41.1 Å². The molecular weight excluding hydrogens is 268 g/mol. The number of halogens is 1. The second kappa shape index (κ2) is 4.87. The molecule has 0 radical (unpaired) electrons. The summed E-state index contributed by atoms with van der Waals surface area (Å²) < 4.78 is 0.911. The van der Waals surface area contributed by atoms with Gasteiger partial charge in [-0.25, -0.2) is 4.79 Å². The van der Waals surface area contributed by atoms with Gasteiger partial charge >= 0.3 is 6.03 Å². The SMILES string of the molecule is Cc1ccc(NC(=O)NCC2CC2)c(Br)c1. The number of urea groups is 1. The van der Waals surface area contributed by atoms with Crippen molar-refractivity contribution in [2.24, 2.45) is 5.92 Å². The lowest BCUT2D eigenvalue weighted by atomic mass is 10.2. The van der Waals surface area contributed by atoms with E-state index in [9.17, 15) is 4.79 Å². The second-order valence-corrected chi connectivity index (χ2v) is 5.12. The van der Waals surface area contributed by atoms with Crippen molar-refractivity contribution in [3.63, 3.8) is 0 Å². The van der Waals surface area contributed by atoms with Gasteiger partial charge in [-0.15, -0.1) is 0 Å². The summed E-state index contributed by atoms with van der Waals surface area (Å²) in [4.78, 5) is 11.5. The van der Waals surface area contributed by atoms with E-state index in [1.165, 1.54) is 12.8 Å². The Balaban J connectivity index is 1.89. The Morgan fingerprint density at radius 3 is 2.88 bits per heavy atom. The molecule has 0 bridgehead atoms. The Hall–Kier alpha value is -1.03. The number of nitrogens with one attached hydrogen (secondary N) is 2. The van der Waals surface area contributed by atoms with Gasteiger partial charge in [0.1, 0.15) is 0 Å². The van der Waals surface area contributed by atoms with Gasteiger partial charge in [0.2, 0.25) is 0 Å². The molecule has 3 nitrogen and oxygen atoms in total. The lowest BCUT2D eigenvalue weighted by Gasteiger charge is -2.09. The van der Waals surface area contributed by atoms with Crippen LogP contribution in [0.5, 0.6) is 0 Å². The number of carbonyl (C=O) groups excluding carboxylic acids is 1. The largest absolute Gasteiger partial charge is 0.338 e. The highest BCUT2D eigenvalue weighted by molar-refractivity contribution is 9.10. The van der Waals surface area contributed by atoms with Crippen molar-refractivity contribution in [3.05, 3.63) is 28.2 Å². The Morgan fingerprint density at radius 2 is 2.25 bits per heavy atom. The van der Waals surface area contributed by atoms with E-state index in [1.54, 1.807) is 0 Å². The average Bonchev–Trinajstić information content (AvgIpc) is 3.03. The zero-order valence-electron chi connectivity index (χ0n) is 9.22. The molecule has 1 aromatic rings. The molecule has 2 amide bonds. The van der Waals surface area contributed by atoms with Gasteiger partial charge in [0, 0.05) is 11.0 Å². The minimum atomic E-state index is -0.128. The molecule has 0 unspecified atom stereocenters. The maximum absolute atomic E-state index is 11.5. The lowest BCUT2D eigenvalue weighted by molar-refractivity contribution is 0.251. The third kappa shape index (κ3) is 3.23. The number of aryl methyl sites for hydroxylation is 1. The molecule has 1 aliphatic rings. The first-order valence-corrected chi connectivity index (χ1v) is 6.25. The molecule has 0 spiro atoms. The van der Waals surface area contributed by atoms with E-state index in [4.69, 9.17) is 0 Å². The standard InChI is InChI=1S/C12H15BrN2O/c1-8-2-5-11(10(13)6-8)15-12(16)14-7-9-3-4-9/h2,5-6,9H,3-4,7H2,1H3,(H2,14,15,16). The fraction of sp³-hybridized carbons (Fsp3) is 0.417. The van der Waals surface area contributed by atoms with Gasteiger partial charge in [0.05, 0.1) is 5.69 Å². The summed E-state index contributed by atoms with van der Waals surface area (Å²) in [5.41, 5.74) is 1.97. The number of benzene rings is 1. The van der Waals surface area contributed by atoms with Gasteiger partial charge in [-0.05, 0) is 59.3 Å². The van der Waals surface area contributed by atoms with Gasteiger partial charge in [0.15, 0.2) is 0 Å². The van der Waals surface area contributed by atoms with Crippen molar-refractivity contribution in [2.45, 2.75) is 19.8 Å². The Kier molecular flexibility index (Phi) is 3.49. The summed E-state index contributed by atoms with van der Waals surface area (Å²) in [6.45, 7) is 2.80. The van der Waals surface area contributed by atoms with Gasteiger partial charge in [0.25, 0.3) is 0 Å². The summed E-state index contributed by atoms with van der Waals surface area (Å²) in [6, 6.07) is 5.73. The van der Waals surface area contributed by atoms with Crippen molar-refractivity contribution in [1.82, 2.24) is 5.32 Å². The van der Waals surface area contributed by atoms with Crippen LogP contribution in [0.2, 0.25) is 0 Å². The van der Waals surface area contributed by atoms with Crippen LogP contribution in [0.25, 0.3) is 0 Å². The predicted octanol–water partition coefficient (Wildman–Crippen LogP) is 3.29. The Bertz CT molecular complexity index is 402. The van der Waals surface area contributed by atoms with Gasteiger partial charge in [-0.2, -0.15) is 0 Å². The summed E-state index contributed by atoms with van der Waals surface area (Å²) in [6.07, 6.45) is 2.49. The normalized spacial score (nSPS) is 14.6. The zero-order valence-corrected chi connectivity index (χ0v) is 10.8. The first-order valence-electron chi connectivity index (χ1n) is 5.46. The van der Waals surface area contributed by atoms with Crippen molar-refractivity contribution >= 4 is 27.6 Å². The highest BCUT2D eigenvalue weighted by Gasteiger charge is 2.21. The molecule has 0 aliphatic heterocycles. The van der Waals surface area contributed by atoms with Crippen LogP contribution >= 0.6 is 15.9 Å². The van der Waals surface area contributed by atoms with Crippen LogP contribution in [-0.2, 0) is 0 Å². The first-order chi connectivity index (χ1) is 7.65. The van der Waals surface area contributed by atoms with E-state index >= 15 is 0 Å². The van der Waals surface area contributed by atoms with E-state index in [0.717, 1.165) is 22.3 Å². The smallest absolute Gasteiger partial charge is 0.319 e. The van der Waals surface area contributed by atoms with Crippen LogP contribution in [-0.4, -0.2) is 12.6 Å². The number of rotatable bonds is 3. The Labute approximate surface area is 104 Å². The Morgan fingerprint density at radius 1 is 1.50 bits per heavy atom. The molecular formula is C12H15BrN2O. The minimum Gasteiger partial charge on any atom is -0.338 e. The molecule has 86 valence electrons. The molecule has 2 rings (SSSR count). The van der Waals surface area contributed by atoms with Gasteiger partial charge in [-0.3, -0.25) is 0 Å². The zero-order chi connectivity index (χ0) is 11.5. The van der Waals surface area contributed by atoms with Crippen LogP contribution in [0, 0.1) is 12.8 Å². The number of amides is 2. The van der Waals surface area contributed by atoms with Crippen LogP contribution in [0.3, 0.4) is 0 Å². The number of anilines is 1. The van der Waals surface area contributed by atoms with Gasteiger partial charge < -0.3 is 10.6 Å². The third-order valence-corrected chi connectivity index (χ3v) is 3.28. The molecule has 4 heteroatoms. The fourth-order valence-electron chi connectivity index (χ4n) is 1.45. The van der Waals surface area contributed by atoms with E-state index in [-0.39, 0.29) is 6.03 Å². The summed E-state index contributed by atoms with van der Waals surface area (Å²) in [5.74, 6) is 0.701. The van der Waals surface area contributed by atoms with E-state index < -0.39 is 0 Å². The number of hydrogen-bond donors (Lipinski definition) is 2. The minimum absolute atomic E-state index is 0.128. The number of hydrogen-bond acceptors (Lipinski definition) is 1. The van der Waals surface area contributed by atoms with Crippen LogP contribution in [0.15, 0.2) is 22.7 Å². The maximum atomic E-state index is 11.5. The molecule has 2 N–H and O–H groups in total. The quantitative estimate of drug-likeness (QED) is 0.878. The van der Waals surface area contributed by atoms with E-state index in [1.807, 2.05) is 25.1 Å². The average molecular weight is 283 g/mol. The third-order valence-electron chi connectivity index (χ3n) is 2.62. The monoisotopic (exact) mass is 282 g/mol. The summed E-state index contributed by atoms with van der Waals surface area (Å²) in [5, 5.41) is 5.69. The summed E-state index contributed by atoms with van der Waals surface area (Å²) >= 11 is 3.43. The second-order valence-electron chi connectivity index (χ2n) is 4.26. The van der Waals surface area contributed by atoms with Crippen LogP contribution < -0.4 is 10.6 Å². The molecule has 1 fully saturated rings. The van der Waals surface area contributed by atoms with Gasteiger partial charge in [-0.1, -0.05) is 6.07 Å². The molecule has 1 saturated carbocycles. The fourth-order valence-corrected chi connectivity index (χ4v) is 2.04. The van der Waals surface area contributed by atoms with Crippen molar-refractivity contribution in [1.29, 1.82) is 0 Å². The van der Waals surface area contributed by atoms with E-state index in [2.05, 4.69) is 26.6 Å². The lowest BCUT2D eigenvalue weighted by Crippen LogP contribution is -2.30. The molecule has 1 aromatic carbocycles.